The number of nitrogens with one attached hydrogen (secondary N) is 1. The number of terminal acetylenes is 1. The average molecular weight is 236 g/mol. The third-order valence-electron chi connectivity index (χ3n) is 4.53. The molecule has 0 bridgehead atoms. The monoisotopic (exact) mass is 236 g/mol. The van der Waals surface area contributed by atoms with E-state index in [1.807, 2.05) is 0 Å². The second kappa shape index (κ2) is 5.89. The number of rotatable bonds is 5. The van der Waals surface area contributed by atoms with Gasteiger partial charge in [-0.05, 0) is 24.7 Å². The van der Waals surface area contributed by atoms with Crippen LogP contribution in [0.4, 0.5) is 0 Å². The van der Waals surface area contributed by atoms with Crippen molar-refractivity contribution in [1.82, 2.24) is 5.32 Å². The number of hydrogen-bond acceptors (Lipinski definition) is 2. The first kappa shape index (κ1) is 14.5. The van der Waals surface area contributed by atoms with Gasteiger partial charge < -0.3 is 5.73 Å². The summed E-state index contributed by atoms with van der Waals surface area (Å²) in [5, 5.41) is 3.70. The highest BCUT2D eigenvalue weighted by Gasteiger charge is 2.46. The largest absolute Gasteiger partial charge is 0.329 e. The van der Waals surface area contributed by atoms with Gasteiger partial charge in [-0.15, -0.1) is 6.42 Å². The molecule has 0 saturated heterocycles. The molecule has 0 aromatic rings. The molecular formula is C15H28N2. The van der Waals surface area contributed by atoms with E-state index < -0.39 is 0 Å². The zero-order valence-corrected chi connectivity index (χ0v) is 11.7. The lowest BCUT2D eigenvalue weighted by Gasteiger charge is -2.51. The van der Waals surface area contributed by atoms with E-state index in [4.69, 9.17) is 12.2 Å². The molecule has 1 aliphatic carbocycles. The summed E-state index contributed by atoms with van der Waals surface area (Å²) in [7, 11) is 0. The smallest absolute Gasteiger partial charge is 0.0691 e. The lowest BCUT2D eigenvalue weighted by Crippen LogP contribution is -2.64. The van der Waals surface area contributed by atoms with Crippen LogP contribution in [0.5, 0.6) is 0 Å². The van der Waals surface area contributed by atoms with Crippen molar-refractivity contribution in [3.8, 4) is 12.3 Å². The third-order valence-corrected chi connectivity index (χ3v) is 4.53. The van der Waals surface area contributed by atoms with E-state index in [0.717, 1.165) is 19.3 Å². The van der Waals surface area contributed by atoms with Crippen molar-refractivity contribution in [1.29, 1.82) is 0 Å². The Morgan fingerprint density at radius 2 is 2.00 bits per heavy atom. The van der Waals surface area contributed by atoms with E-state index in [2.05, 4.69) is 32.0 Å². The van der Waals surface area contributed by atoms with Crippen molar-refractivity contribution in [3.05, 3.63) is 0 Å². The highest BCUT2D eigenvalue weighted by atomic mass is 15.0. The Morgan fingerprint density at radius 1 is 1.35 bits per heavy atom. The van der Waals surface area contributed by atoms with Gasteiger partial charge in [-0.1, -0.05) is 46.0 Å². The Kier molecular flexibility index (Phi) is 5.04. The van der Waals surface area contributed by atoms with E-state index in [0.29, 0.717) is 6.54 Å². The summed E-state index contributed by atoms with van der Waals surface area (Å²) in [4.78, 5) is 0. The predicted molar refractivity (Wildman–Crippen MR) is 74.7 cm³/mol. The molecule has 0 aromatic heterocycles. The molecule has 98 valence electrons. The molecule has 1 saturated carbocycles. The highest BCUT2D eigenvalue weighted by Crippen LogP contribution is 2.43. The van der Waals surface area contributed by atoms with Crippen LogP contribution in [-0.4, -0.2) is 18.1 Å². The molecule has 17 heavy (non-hydrogen) atoms. The van der Waals surface area contributed by atoms with E-state index in [9.17, 15) is 0 Å². The predicted octanol–water partition coefficient (Wildman–Crippen LogP) is 2.68. The quantitative estimate of drug-likeness (QED) is 0.720. The Hall–Kier alpha value is -0.520. The van der Waals surface area contributed by atoms with Crippen molar-refractivity contribution in [2.75, 3.05) is 6.54 Å². The molecule has 2 unspecified atom stereocenters. The summed E-state index contributed by atoms with van der Waals surface area (Å²) in [6, 6.07) is 0.168. The van der Waals surface area contributed by atoms with Crippen LogP contribution in [0.2, 0.25) is 0 Å². The number of nitrogens with two attached hydrogens (primary N) is 1. The SMILES string of the molecule is C#CC(CCC)NC1(CN)CCCCC1(C)C. The van der Waals surface area contributed by atoms with E-state index in [1.165, 1.54) is 19.3 Å². The van der Waals surface area contributed by atoms with Crippen LogP contribution in [0.15, 0.2) is 0 Å². The normalized spacial score (nSPS) is 29.6. The van der Waals surface area contributed by atoms with Gasteiger partial charge in [-0.2, -0.15) is 0 Å². The highest BCUT2D eigenvalue weighted by molar-refractivity contribution is 5.09. The van der Waals surface area contributed by atoms with Crippen molar-refractivity contribution in [2.45, 2.75) is 70.9 Å². The minimum absolute atomic E-state index is 0.0253. The molecular weight excluding hydrogens is 208 g/mol. The van der Waals surface area contributed by atoms with Crippen LogP contribution < -0.4 is 11.1 Å². The van der Waals surface area contributed by atoms with Gasteiger partial charge in [0.15, 0.2) is 0 Å². The summed E-state index contributed by atoms with van der Waals surface area (Å²) < 4.78 is 0. The first-order valence-electron chi connectivity index (χ1n) is 6.95. The molecule has 0 aromatic carbocycles. The molecule has 2 nitrogen and oxygen atoms in total. The van der Waals surface area contributed by atoms with Crippen LogP contribution >= 0.6 is 0 Å². The fourth-order valence-corrected chi connectivity index (χ4v) is 3.10. The van der Waals surface area contributed by atoms with Gasteiger partial charge in [0.1, 0.15) is 0 Å². The fraction of sp³-hybridized carbons (Fsp3) is 0.867. The van der Waals surface area contributed by atoms with E-state index in [1.54, 1.807) is 0 Å². The topological polar surface area (TPSA) is 38.0 Å². The Labute approximate surface area is 107 Å². The molecule has 3 N–H and O–H groups in total. The van der Waals surface area contributed by atoms with Crippen molar-refractivity contribution >= 4 is 0 Å². The summed E-state index contributed by atoms with van der Waals surface area (Å²) in [5.41, 5.74) is 6.35. The van der Waals surface area contributed by atoms with Crippen molar-refractivity contribution in [2.24, 2.45) is 11.1 Å². The molecule has 1 rings (SSSR count). The molecule has 0 spiro atoms. The van der Waals surface area contributed by atoms with Crippen molar-refractivity contribution < 1.29 is 0 Å². The molecule has 0 heterocycles. The molecule has 2 atom stereocenters. The summed E-state index contributed by atoms with van der Waals surface area (Å²) in [6.45, 7) is 7.51. The minimum atomic E-state index is 0.0253. The van der Waals surface area contributed by atoms with Crippen LogP contribution in [0.25, 0.3) is 0 Å². The first-order chi connectivity index (χ1) is 8.01. The van der Waals surface area contributed by atoms with Gasteiger partial charge >= 0.3 is 0 Å². The van der Waals surface area contributed by atoms with Gasteiger partial charge in [-0.3, -0.25) is 5.32 Å². The maximum Gasteiger partial charge on any atom is 0.0691 e. The van der Waals surface area contributed by atoms with Gasteiger partial charge in [0, 0.05) is 12.1 Å². The standard InChI is InChI=1S/C15H28N2/c1-5-9-13(6-2)17-15(12-16)11-8-7-10-14(15,3)4/h2,13,17H,5,7-12,16H2,1,3-4H3. The van der Waals surface area contributed by atoms with Gasteiger partial charge in [0.2, 0.25) is 0 Å². The van der Waals surface area contributed by atoms with Gasteiger partial charge in [0.25, 0.3) is 0 Å². The van der Waals surface area contributed by atoms with Crippen LogP contribution in [0, 0.1) is 17.8 Å². The van der Waals surface area contributed by atoms with Gasteiger partial charge in [0.05, 0.1) is 6.04 Å². The summed E-state index contributed by atoms with van der Waals surface area (Å²) in [6.07, 6.45) is 12.7. The Morgan fingerprint density at radius 3 is 2.47 bits per heavy atom. The molecule has 1 aliphatic rings. The zero-order chi connectivity index (χ0) is 12.9. The second-order valence-corrected chi connectivity index (χ2v) is 6.03. The Bertz CT molecular complexity index is 277. The maximum atomic E-state index is 6.08. The third kappa shape index (κ3) is 3.03. The molecule has 0 aliphatic heterocycles. The molecule has 1 fully saturated rings. The maximum absolute atomic E-state index is 6.08. The van der Waals surface area contributed by atoms with E-state index >= 15 is 0 Å². The summed E-state index contributed by atoms with van der Waals surface area (Å²) >= 11 is 0. The minimum Gasteiger partial charge on any atom is -0.329 e. The molecule has 0 amide bonds. The van der Waals surface area contributed by atoms with E-state index in [-0.39, 0.29) is 17.0 Å². The lowest BCUT2D eigenvalue weighted by molar-refractivity contribution is 0.0625. The fourth-order valence-electron chi connectivity index (χ4n) is 3.10. The van der Waals surface area contributed by atoms with Crippen LogP contribution in [0.3, 0.4) is 0 Å². The lowest BCUT2D eigenvalue weighted by atomic mass is 9.62. The van der Waals surface area contributed by atoms with Crippen LogP contribution in [-0.2, 0) is 0 Å². The zero-order valence-electron chi connectivity index (χ0n) is 11.7. The van der Waals surface area contributed by atoms with Crippen LogP contribution in [0.1, 0.15) is 59.3 Å². The Balaban J connectivity index is 2.83. The average Bonchev–Trinajstić information content (AvgIpc) is 2.31. The molecule has 2 heteroatoms. The van der Waals surface area contributed by atoms with Crippen molar-refractivity contribution in [3.63, 3.8) is 0 Å². The van der Waals surface area contributed by atoms with Gasteiger partial charge in [-0.25, -0.2) is 0 Å². The number of hydrogen-bond donors (Lipinski definition) is 2. The second-order valence-electron chi connectivity index (χ2n) is 6.03. The molecule has 0 radical (unpaired) electrons. The summed E-state index contributed by atoms with van der Waals surface area (Å²) in [5.74, 6) is 2.88. The first-order valence-corrected chi connectivity index (χ1v) is 6.95.